The normalized spacial score (nSPS) is 16.2. The third-order valence-corrected chi connectivity index (χ3v) is 5.22. The summed E-state index contributed by atoms with van der Waals surface area (Å²) < 4.78 is 11.2. The Morgan fingerprint density at radius 2 is 1.93 bits per heavy atom. The number of furan rings is 1. The predicted octanol–water partition coefficient (Wildman–Crippen LogP) is 3.65. The lowest BCUT2D eigenvalue weighted by molar-refractivity contribution is -0.134. The molecule has 0 spiro atoms. The number of hydrogen-bond acceptors (Lipinski definition) is 4. The van der Waals surface area contributed by atoms with E-state index in [2.05, 4.69) is 0 Å². The van der Waals surface area contributed by atoms with Gasteiger partial charge in [0.15, 0.2) is 0 Å². The van der Waals surface area contributed by atoms with E-state index in [1.165, 1.54) is 0 Å². The Balaban J connectivity index is 1.73. The van der Waals surface area contributed by atoms with Crippen molar-refractivity contribution in [3.05, 3.63) is 59.5 Å². The van der Waals surface area contributed by atoms with Crippen molar-refractivity contribution in [2.24, 2.45) is 0 Å². The van der Waals surface area contributed by atoms with Gasteiger partial charge in [-0.05, 0) is 57.9 Å². The number of ether oxygens (including phenoxy) is 1. The van der Waals surface area contributed by atoms with Gasteiger partial charge in [-0.15, -0.1) is 0 Å². The van der Waals surface area contributed by atoms with Gasteiger partial charge in [0, 0.05) is 24.8 Å². The molecule has 1 fully saturated rings. The standard InChI is InChI=1S/C23H30N2O4/c1-17(2)25(23(27)19-10-8-18(3)9-11-19)16-22(26)24(14-20-6-4-12-28-20)15-21-7-5-13-29-21/h4,6,8-12,17,21H,5,7,13-16H2,1-3H3. The molecule has 156 valence electrons. The van der Waals surface area contributed by atoms with E-state index in [1.54, 1.807) is 16.1 Å². The van der Waals surface area contributed by atoms with Crippen molar-refractivity contribution < 1.29 is 18.7 Å². The first kappa shape index (κ1) is 21.1. The SMILES string of the molecule is Cc1ccc(C(=O)N(CC(=O)N(Cc2ccco2)CC2CCCO2)C(C)C)cc1. The number of benzene rings is 1. The summed E-state index contributed by atoms with van der Waals surface area (Å²) in [6.07, 6.45) is 3.59. The number of carbonyl (C=O) groups excluding carboxylic acids is 2. The van der Waals surface area contributed by atoms with Crippen LogP contribution in [0.1, 0.15) is 48.4 Å². The van der Waals surface area contributed by atoms with Crippen LogP contribution in [-0.2, 0) is 16.1 Å². The summed E-state index contributed by atoms with van der Waals surface area (Å²) in [4.78, 5) is 29.6. The lowest BCUT2D eigenvalue weighted by Gasteiger charge is -2.31. The molecule has 2 amide bonds. The number of hydrogen-bond donors (Lipinski definition) is 0. The Kier molecular flexibility index (Phi) is 7.09. The summed E-state index contributed by atoms with van der Waals surface area (Å²) in [5.41, 5.74) is 1.68. The monoisotopic (exact) mass is 398 g/mol. The first-order chi connectivity index (χ1) is 13.9. The number of aryl methyl sites for hydroxylation is 1. The maximum atomic E-state index is 13.2. The van der Waals surface area contributed by atoms with Gasteiger partial charge in [-0.25, -0.2) is 0 Å². The van der Waals surface area contributed by atoms with Gasteiger partial charge in [-0.1, -0.05) is 17.7 Å². The van der Waals surface area contributed by atoms with Crippen LogP contribution in [0.4, 0.5) is 0 Å². The van der Waals surface area contributed by atoms with E-state index < -0.39 is 0 Å². The van der Waals surface area contributed by atoms with Gasteiger partial charge in [0.2, 0.25) is 5.91 Å². The fourth-order valence-corrected chi connectivity index (χ4v) is 3.48. The molecule has 1 aromatic carbocycles. The lowest BCUT2D eigenvalue weighted by atomic mass is 10.1. The fourth-order valence-electron chi connectivity index (χ4n) is 3.48. The highest BCUT2D eigenvalue weighted by Gasteiger charge is 2.27. The highest BCUT2D eigenvalue weighted by atomic mass is 16.5. The molecular formula is C23H30N2O4. The Labute approximate surface area is 172 Å². The van der Waals surface area contributed by atoms with E-state index in [-0.39, 0.29) is 30.5 Å². The Morgan fingerprint density at radius 3 is 2.52 bits per heavy atom. The van der Waals surface area contributed by atoms with Crippen LogP contribution in [0.2, 0.25) is 0 Å². The molecule has 0 aliphatic carbocycles. The summed E-state index contributed by atoms with van der Waals surface area (Å²) in [7, 11) is 0. The van der Waals surface area contributed by atoms with Gasteiger partial charge in [0.1, 0.15) is 12.3 Å². The third-order valence-electron chi connectivity index (χ3n) is 5.22. The molecule has 1 aliphatic heterocycles. The lowest BCUT2D eigenvalue weighted by Crippen LogP contribution is -2.47. The molecule has 0 N–H and O–H groups in total. The summed E-state index contributed by atoms with van der Waals surface area (Å²) in [6.45, 7) is 7.47. The van der Waals surface area contributed by atoms with Crippen LogP contribution in [-0.4, -0.2) is 53.5 Å². The third kappa shape index (κ3) is 5.70. The van der Waals surface area contributed by atoms with Crippen LogP contribution >= 0.6 is 0 Å². The summed E-state index contributed by atoms with van der Waals surface area (Å²) in [5.74, 6) is 0.479. The van der Waals surface area contributed by atoms with E-state index in [0.29, 0.717) is 18.7 Å². The molecule has 1 unspecified atom stereocenters. The highest BCUT2D eigenvalue weighted by Crippen LogP contribution is 2.17. The zero-order valence-corrected chi connectivity index (χ0v) is 17.5. The van der Waals surface area contributed by atoms with E-state index in [9.17, 15) is 9.59 Å². The molecule has 1 aromatic heterocycles. The van der Waals surface area contributed by atoms with Crippen LogP contribution in [0.25, 0.3) is 0 Å². The first-order valence-electron chi connectivity index (χ1n) is 10.2. The molecule has 0 radical (unpaired) electrons. The van der Waals surface area contributed by atoms with Crippen molar-refractivity contribution in [1.82, 2.24) is 9.80 Å². The molecule has 2 heterocycles. The summed E-state index contributed by atoms with van der Waals surface area (Å²) in [6, 6.07) is 11.0. The number of carbonyl (C=O) groups is 2. The van der Waals surface area contributed by atoms with Crippen molar-refractivity contribution >= 4 is 11.8 Å². The van der Waals surface area contributed by atoms with Crippen LogP contribution < -0.4 is 0 Å². The van der Waals surface area contributed by atoms with E-state index in [4.69, 9.17) is 9.15 Å². The minimum Gasteiger partial charge on any atom is -0.467 e. The second kappa shape index (κ2) is 9.74. The van der Waals surface area contributed by atoms with Gasteiger partial charge in [0.05, 0.1) is 18.9 Å². The zero-order valence-electron chi connectivity index (χ0n) is 17.5. The molecule has 2 aromatic rings. The number of nitrogens with zero attached hydrogens (tertiary/aromatic N) is 2. The second-order valence-corrected chi connectivity index (χ2v) is 7.88. The second-order valence-electron chi connectivity index (χ2n) is 7.88. The first-order valence-corrected chi connectivity index (χ1v) is 10.2. The van der Waals surface area contributed by atoms with Crippen LogP contribution in [0.3, 0.4) is 0 Å². The molecule has 1 atom stereocenters. The molecule has 0 saturated carbocycles. The van der Waals surface area contributed by atoms with Crippen molar-refractivity contribution in [2.75, 3.05) is 19.7 Å². The van der Waals surface area contributed by atoms with E-state index >= 15 is 0 Å². The maximum absolute atomic E-state index is 13.2. The Bertz CT molecular complexity index is 793. The average molecular weight is 399 g/mol. The van der Waals surface area contributed by atoms with Gasteiger partial charge in [-0.2, -0.15) is 0 Å². The van der Waals surface area contributed by atoms with Crippen LogP contribution in [0.15, 0.2) is 47.1 Å². The molecule has 6 nitrogen and oxygen atoms in total. The van der Waals surface area contributed by atoms with E-state index in [0.717, 1.165) is 30.8 Å². The summed E-state index contributed by atoms with van der Waals surface area (Å²) in [5, 5.41) is 0. The van der Waals surface area contributed by atoms with Crippen LogP contribution in [0.5, 0.6) is 0 Å². The smallest absolute Gasteiger partial charge is 0.254 e. The summed E-state index contributed by atoms with van der Waals surface area (Å²) >= 11 is 0. The Hall–Kier alpha value is -2.60. The molecule has 3 rings (SSSR count). The fraction of sp³-hybridized carbons (Fsp3) is 0.478. The quantitative estimate of drug-likeness (QED) is 0.681. The van der Waals surface area contributed by atoms with Gasteiger partial charge in [-0.3, -0.25) is 9.59 Å². The van der Waals surface area contributed by atoms with Gasteiger partial charge >= 0.3 is 0 Å². The molecule has 0 bridgehead atoms. The highest BCUT2D eigenvalue weighted by molar-refractivity contribution is 5.96. The van der Waals surface area contributed by atoms with Crippen LogP contribution in [0, 0.1) is 6.92 Å². The molecule has 1 saturated heterocycles. The average Bonchev–Trinajstić information content (AvgIpc) is 3.39. The van der Waals surface area contributed by atoms with Gasteiger partial charge in [0.25, 0.3) is 5.91 Å². The van der Waals surface area contributed by atoms with E-state index in [1.807, 2.05) is 57.2 Å². The number of amides is 2. The zero-order chi connectivity index (χ0) is 20.8. The van der Waals surface area contributed by atoms with Crippen molar-refractivity contribution in [3.63, 3.8) is 0 Å². The maximum Gasteiger partial charge on any atom is 0.254 e. The predicted molar refractivity (Wildman–Crippen MR) is 110 cm³/mol. The number of rotatable bonds is 8. The molecule has 29 heavy (non-hydrogen) atoms. The van der Waals surface area contributed by atoms with Crippen molar-refractivity contribution in [3.8, 4) is 0 Å². The molecular weight excluding hydrogens is 368 g/mol. The van der Waals surface area contributed by atoms with Crippen molar-refractivity contribution in [2.45, 2.75) is 52.3 Å². The topological polar surface area (TPSA) is 63.0 Å². The minimum absolute atomic E-state index is 0.0256. The van der Waals surface area contributed by atoms with Crippen molar-refractivity contribution in [1.29, 1.82) is 0 Å². The van der Waals surface area contributed by atoms with Gasteiger partial charge < -0.3 is 19.0 Å². The largest absolute Gasteiger partial charge is 0.467 e. The Morgan fingerprint density at radius 1 is 1.17 bits per heavy atom. The minimum atomic E-state index is -0.136. The molecule has 1 aliphatic rings. The molecule has 6 heteroatoms.